The van der Waals surface area contributed by atoms with E-state index in [4.69, 9.17) is 0 Å². The number of hydrogen-bond acceptors (Lipinski definition) is 4. The van der Waals surface area contributed by atoms with Gasteiger partial charge in [-0.3, -0.25) is 14.7 Å². The molecule has 3 N–H and O–H groups in total. The summed E-state index contributed by atoms with van der Waals surface area (Å²) in [5.74, 6) is -0.180. The normalized spacial score (nSPS) is 16.0. The summed E-state index contributed by atoms with van der Waals surface area (Å²) < 4.78 is 0. The molecule has 0 aliphatic carbocycles. The molecule has 2 aromatic heterocycles. The number of pyridine rings is 1. The Kier molecular flexibility index (Phi) is 4.69. The Morgan fingerprint density at radius 3 is 2.73 bits per heavy atom. The Bertz CT molecular complexity index is 863. The molecule has 0 bridgehead atoms. The molecule has 3 aromatic rings. The Morgan fingerprint density at radius 1 is 1.23 bits per heavy atom. The second-order valence-electron chi connectivity index (χ2n) is 6.78. The molecule has 0 saturated carbocycles. The number of fused-ring (bicyclic) bond motifs is 1. The van der Waals surface area contributed by atoms with Gasteiger partial charge in [0.15, 0.2) is 0 Å². The van der Waals surface area contributed by atoms with Gasteiger partial charge in [-0.2, -0.15) is 0 Å². The van der Waals surface area contributed by atoms with Crippen LogP contribution in [0.25, 0.3) is 11.0 Å². The minimum absolute atomic E-state index is 0.149. The summed E-state index contributed by atoms with van der Waals surface area (Å²) in [6.45, 7) is 2.72. The van der Waals surface area contributed by atoms with Gasteiger partial charge in [-0.1, -0.05) is 12.1 Å². The number of aliphatic hydroxyl groups excluding tert-OH is 1. The fourth-order valence-electron chi connectivity index (χ4n) is 3.31. The average molecular weight is 350 g/mol. The van der Waals surface area contributed by atoms with Crippen LogP contribution >= 0.6 is 0 Å². The quantitative estimate of drug-likeness (QED) is 0.676. The summed E-state index contributed by atoms with van der Waals surface area (Å²) in [5, 5.41) is 12.5. The van der Waals surface area contributed by atoms with Crippen LogP contribution in [-0.2, 0) is 6.54 Å². The van der Waals surface area contributed by atoms with Crippen LogP contribution in [0.4, 0.5) is 5.69 Å². The summed E-state index contributed by atoms with van der Waals surface area (Å²) in [4.78, 5) is 22.1. The molecule has 0 unspecified atom stereocenters. The highest BCUT2D eigenvalue weighted by molar-refractivity contribution is 6.05. The van der Waals surface area contributed by atoms with Crippen LogP contribution in [0, 0.1) is 0 Å². The molecule has 4 rings (SSSR count). The second-order valence-corrected chi connectivity index (χ2v) is 6.78. The van der Waals surface area contributed by atoms with E-state index in [0.717, 1.165) is 49.2 Å². The molecule has 0 radical (unpaired) electrons. The molecule has 1 fully saturated rings. The maximum Gasteiger partial charge on any atom is 0.272 e. The fraction of sp³-hybridized carbons (Fsp3) is 0.300. The van der Waals surface area contributed by atoms with Crippen LogP contribution in [0.3, 0.4) is 0 Å². The summed E-state index contributed by atoms with van der Waals surface area (Å²) in [7, 11) is 0. The highest BCUT2D eigenvalue weighted by Crippen LogP contribution is 2.17. The van der Waals surface area contributed by atoms with E-state index in [2.05, 4.69) is 20.2 Å². The van der Waals surface area contributed by atoms with E-state index in [1.54, 1.807) is 12.3 Å². The minimum atomic E-state index is -0.180. The van der Waals surface area contributed by atoms with Gasteiger partial charge < -0.3 is 15.4 Å². The number of carbonyl (C=O) groups is 1. The molecule has 6 heteroatoms. The van der Waals surface area contributed by atoms with Gasteiger partial charge >= 0.3 is 0 Å². The third kappa shape index (κ3) is 3.76. The van der Waals surface area contributed by atoms with Gasteiger partial charge in [0, 0.05) is 31.5 Å². The van der Waals surface area contributed by atoms with Crippen molar-refractivity contribution < 1.29 is 9.90 Å². The number of benzene rings is 1. The molecule has 0 atom stereocenters. The molecule has 1 aliphatic rings. The summed E-state index contributed by atoms with van der Waals surface area (Å²) in [5.41, 5.74) is 4.09. The van der Waals surface area contributed by atoms with Crippen molar-refractivity contribution >= 4 is 22.6 Å². The summed E-state index contributed by atoms with van der Waals surface area (Å²) in [6.07, 6.45) is 3.24. The van der Waals surface area contributed by atoms with Crippen LogP contribution in [0.15, 0.2) is 48.7 Å². The van der Waals surface area contributed by atoms with Crippen LogP contribution in [0.2, 0.25) is 0 Å². The molecule has 3 heterocycles. The lowest BCUT2D eigenvalue weighted by Crippen LogP contribution is -2.35. The highest BCUT2D eigenvalue weighted by Gasteiger charge is 2.17. The number of amides is 1. The standard InChI is InChI=1S/C20H22N4O2/c25-16-7-10-24(11-8-16)13-14-3-5-15(6-4-14)22-20(26)19-12-18-17(23-19)2-1-9-21-18/h1-6,9,12,16,23,25H,7-8,10-11,13H2,(H,22,26). The third-order valence-corrected chi connectivity index (χ3v) is 4.81. The van der Waals surface area contributed by atoms with Crippen molar-refractivity contribution in [2.45, 2.75) is 25.5 Å². The molecule has 6 nitrogen and oxygen atoms in total. The largest absolute Gasteiger partial charge is 0.393 e. The lowest BCUT2D eigenvalue weighted by Gasteiger charge is -2.29. The van der Waals surface area contributed by atoms with Crippen molar-refractivity contribution in [1.29, 1.82) is 0 Å². The van der Waals surface area contributed by atoms with Gasteiger partial charge in [0.1, 0.15) is 5.69 Å². The molecule has 26 heavy (non-hydrogen) atoms. The van der Waals surface area contributed by atoms with E-state index in [1.807, 2.05) is 36.4 Å². The van der Waals surface area contributed by atoms with Gasteiger partial charge in [0.2, 0.25) is 0 Å². The predicted octanol–water partition coefficient (Wildman–Crippen LogP) is 2.77. The second kappa shape index (κ2) is 7.27. The zero-order chi connectivity index (χ0) is 17.9. The average Bonchev–Trinajstić information content (AvgIpc) is 3.10. The molecule has 1 amide bonds. The first-order chi connectivity index (χ1) is 12.7. The summed E-state index contributed by atoms with van der Waals surface area (Å²) in [6, 6.07) is 13.4. The van der Waals surface area contributed by atoms with Crippen molar-refractivity contribution in [1.82, 2.24) is 14.9 Å². The molecule has 1 aromatic carbocycles. The van der Waals surface area contributed by atoms with Gasteiger partial charge in [-0.25, -0.2) is 0 Å². The van der Waals surface area contributed by atoms with Gasteiger partial charge in [0.05, 0.1) is 17.1 Å². The van der Waals surface area contributed by atoms with Crippen molar-refractivity contribution in [2.24, 2.45) is 0 Å². The summed E-state index contributed by atoms with van der Waals surface area (Å²) >= 11 is 0. The number of nitrogens with one attached hydrogen (secondary N) is 2. The SMILES string of the molecule is O=C(Nc1ccc(CN2CCC(O)CC2)cc1)c1cc2ncccc2[nH]1. The smallest absolute Gasteiger partial charge is 0.272 e. The number of anilines is 1. The molecule has 134 valence electrons. The Labute approximate surface area is 151 Å². The van der Waals surface area contributed by atoms with Crippen LogP contribution in [0.1, 0.15) is 28.9 Å². The number of aromatic nitrogens is 2. The molecule has 0 spiro atoms. The van der Waals surface area contributed by atoms with Crippen molar-refractivity contribution in [3.8, 4) is 0 Å². The number of carbonyl (C=O) groups excluding carboxylic acids is 1. The molecular formula is C20H22N4O2. The molecule has 1 aliphatic heterocycles. The van der Waals surface area contributed by atoms with Gasteiger partial charge in [-0.15, -0.1) is 0 Å². The Morgan fingerprint density at radius 2 is 2.00 bits per heavy atom. The van der Waals surface area contributed by atoms with Crippen molar-refractivity contribution in [3.05, 3.63) is 59.9 Å². The first-order valence-electron chi connectivity index (χ1n) is 8.92. The van der Waals surface area contributed by atoms with Crippen LogP contribution in [0.5, 0.6) is 0 Å². The number of hydrogen-bond donors (Lipinski definition) is 3. The molecular weight excluding hydrogens is 328 g/mol. The lowest BCUT2D eigenvalue weighted by atomic mass is 10.1. The Hall–Kier alpha value is -2.70. The van der Waals surface area contributed by atoms with Crippen molar-refractivity contribution in [2.75, 3.05) is 18.4 Å². The number of likely N-dealkylation sites (tertiary alicyclic amines) is 1. The van der Waals surface area contributed by atoms with Crippen LogP contribution < -0.4 is 5.32 Å². The van der Waals surface area contributed by atoms with E-state index >= 15 is 0 Å². The number of aliphatic hydroxyl groups is 1. The first kappa shape index (κ1) is 16.8. The molecule has 1 saturated heterocycles. The zero-order valence-electron chi connectivity index (χ0n) is 14.5. The van der Waals surface area contributed by atoms with Gasteiger partial charge in [0.25, 0.3) is 5.91 Å². The van der Waals surface area contributed by atoms with Crippen LogP contribution in [-0.4, -0.2) is 45.1 Å². The van der Waals surface area contributed by atoms with E-state index in [-0.39, 0.29) is 12.0 Å². The number of aromatic amines is 1. The minimum Gasteiger partial charge on any atom is -0.393 e. The monoisotopic (exact) mass is 350 g/mol. The van der Waals surface area contributed by atoms with Crippen molar-refractivity contribution in [3.63, 3.8) is 0 Å². The highest BCUT2D eigenvalue weighted by atomic mass is 16.3. The number of H-pyrrole nitrogens is 1. The predicted molar refractivity (Wildman–Crippen MR) is 101 cm³/mol. The van der Waals surface area contributed by atoms with E-state index in [9.17, 15) is 9.90 Å². The fourth-order valence-corrected chi connectivity index (χ4v) is 3.31. The maximum atomic E-state index is 12.4. The topological polar surface area (TPSA) is 81.2 Å². The Balaban J connectivity index is 1.38. The van der Waals surface area contributed by atoms with Gasteiger partial charge in [-0.05, 0) is 48.7 Å². The number of rotatable bonds is 4. The number of nitrogens with zero attached hydrogens (tertiary/aromatic N) is 2. The third-order valence-electron chi connectivity index (χ3n) is 4.81. The lowest BCUT2D eigenvalue weighted by molar-refractivity contribution is 0.0792. The zero-order valence-corrected chi connectivity index (χ0v) is 14.5. The maximum absolute atomic E-state index is 12.4. The number of piperidine rings is 1. The van der Waals surface area contributed by atoms with E-state index < -0.39 is 0 Å². The first-order valence-corrected chi connectivity index (χ1v) is 8.92. The van der Waals surface area contributed by atoms with E-state index in [1.165, 1.54) is 5.56 Å². The van der Waals surface area contributed by atoms with E-state index in [0.29, 0.717) is 5.69 Å².